The van der Waals surface area contributed by atoms with Gasteiger partial charge in [0.1, 0.15) is 6.10 Å². The van der Waals surface area contributed by atoms with Crippen LogP contribution in [-0.4, -0.2) is 92.3 Å². The molecule has 3 N–H and O–H groups in total. The molecule has 0 unspecified atom stereocenters. The van der Waals surface area contributed by atoms with Crippen molar-refractivity contribution in [3.05, 3.63) is 61.2 Å². The number of carbonyl (C=O) groups is 5. The second-order valence-corrected chi connectivity index (χ2v) is 11.8. The highest BCUT2D eigenvalue weighted by Gasteiger charge is 2.53. The van der Waals surface area contributed by atoms with E-state index in [1.807, 2.05) is 13.8 Å². The van der Waals surface area contributed by atoms with E-state index in [0.29, 0.717) is 13.1 Å². The molecule has 1 aliphatic rings. The largest absolute Gasteiger partial charge is 0.454 e. The molecule has 0 saturated carbocycles. The van der Waals surface area contributed by atoms with Gasteiger partial charge >= 0.3 is 17.9 Å². The predicted molar refractivity (Wildman–Crippen MR) is 180 cm³/mol. The lowest BCUT2D eigenvalue weighted by Crippen LogP contribution is -2.63. The second kappa shape index (κ2) is 22.5. The van der Waals surface area contributed by atoms with Crippen molar-refractivity contribution >= 4 is 29.7 Å². The van der Waals surface area contributed by atoms with Crippen LogP contribution >= 0.6 is 0 Å². The highest BCUT2D eigenvalue weighted by atomic mass is 16.7. The number of benzene rings is 1. The van der Waals surface area contributed by atoms with E-state index in [1.54, 1.807) is 18.2 Å². The van der Waals surface area contributed by atoms with Gasteiger partial charge in [0.25, 0.3) is 0 Å². The summed E-state index contributed by atoms with van der Waals surface area (Å²) in [6.07, 6.45) is -1.24. The highest BCUT2D eigenvalue weighted by molar-refractivity contribution is 5.89. The van der Waals surface area contributed by atoms with Crippen molar-refractivity contribution in [2.45, 2.75) is 95.9 Å². The first-order valence-corrected chi connectivity index (χ1v) is 16.8. The quantitative estimate of drug-likeness (QED) is 0.0705. The zero-order valence-corrected chi connectivity index (χ0v) is 28.8. The molecule has 0 bridgehead atoms. The van der Waals surface area contributed by atoms with Crippen molar-refractivity contribution in [2.75, 3.05) is 26.8 Å². The Morgan fingerprint density at radius 3 is 1.78 bits per heavy atom. The van der Waals surface area contributed by atoms with Gasteiger partial charge in [-0.1, -0.05) is 57.0 Å². The number of aliphatic hydroxyl groups is 1. The van der Waals surface area contributed by atoms with Crippen LogP contribution in [0.25, 0.3) is 0 Å². The molecule has 0 aromatic heterocycles. The standard InChI is InChI=1S/C36H52N2O11/c1-6-10-19-37-28(40)21-25(15-8-3)34(43)48-31-30(47-33(42)24-17-13-12-14-18-24)27(23-39)46-36(45-5)32(31)49-35(44)26(16-9-4)22-29(41)38-20-11-7-2/h8-9,12-14,17-18,25-27,30-32,36,39H,3-4,6-7,10-11,15-16,19-23H2,1-2,5H3,(H,37,40)(H,38,41)/t25-,26-,27-,30+,31+,32-,36+/m1/s1. The number of aliphatic hydroxyl groups excluding tert-OH is 1. The number of ether oxygens (including phenoxy) is 5. The van der Waals surface area contributed by atoms with E-state index >= 15 is 0 Å². The summed E-state index contributed by atoms with van der Waals surface area (Å²) in [6, 6.07) is 7.99. The number of allylic oxidation sites excluding steroid dienone is 2. The van der Waals surface area contributed by atoms with E-state index in [0.717, 1.165) is 25.7 Å². The topological polar surface area (TPSA) is 176 Å². The maximum absolute atomic E-state index is 13.8. The molecular weight excluding hydrogens is 636 g/mol. The van der Waals surface area contributed by atoms with E-state index in [1.165, 1.54) is 31.4 Å². The summed E-state index contributed by atoms with van der Waals surface area (Å²) in [5.41, 5.74) is 0.167. The third kappa shape index (κ3) is 13.4. The summed E-state index contributed by atoms with van der Waals surface area (Å²) in [4.78, 5) is 66.0. The first-order chi connectivity index (χ1) is 23.6. The van der Waals surface area contributed by atoms with Crippen LogP contribution in [0.1, 0.15) is 75.6 Å². The highest BCUT2D eigenvalue weighted by Crippen LogP contribution is 2.32. The Morgan fingerprint density at radius 2 is 1.33 bits per heavy atom. The summed E-state index contributed by atoms with van der Waals surface area (Å²) in [5.74, 6) is -5.19. The number of hydrogen-bond donors (Lipinski definition) is 3. The lowest BCUT2D eigenvalue weighted by molar-refractivity contribution is -0.301. The molecule has 49 heavy (non-hydrogen) atoms. The Bertz CT molecular complexity index is 1220. The van der Waals surface area contributed by atoms with Crippen LogP contribution in [0.15, 0.2) is 55.6 Å². The predicted octanol–water partition coefficient (Wildman–Crippen LogP) is 3.40. The third-order valence-electron chi connectivity index (χ3n) is 7.90. The molecule has 0 aliphatic carbocycles. The van der Waals surface area contributed by atoms with Gasteiger partial charge in [-0.25, -0.2) is 4.79 Å². The molecule has 1 heterocycles. The van der Waals surface area contributed by atoms with E-state index < -0.39 is 67.1 Å². The number of carbonyl (C=O) groups excluding carboxylic acids is 5. The first kappa shape index (κ1) is 41.1. The Morgan fingerprint density at radius 1 is 0.816 bits per heavy atom. The third-order valence-corrected chi connectivity index (χ3v) is 7.90. The maximum atomic E-state index is 13.8. The van der Waals surface area contributed by atoms with Crippen molar-refractivity contribution < 1.29 is 52.8 Å². The molecule has 1 fully saturated rings. The van der Waals surface area contributed by atoms with Crippen molar-refractivity contribution in [1.29, 1.82) is 0 Å². The van der Waals surface area contributed by atoms with Crippen LogP contribution in [0.4, 0.5) is 0 Å². The normalized spacial score (nSPS) is 21.3. The minimum Gasteiger partial charge on any atom is -0.454 e. The van der Waals surface area contributed by atoms with Gasteiger partial charge in [-0.2, -0.15) is 0 Å². The van der Waals surface area contributed by atoms with Gasteiger partial charge in [-0.05, 0) is 37.8 Å². The number of methoxy groups -OCH3 is 1. The molecule has 0 spiro atoms. The number of amides is 2. The smallest absolute Gasteiger partial charge is 0.338 e. The zero-order valence-electron chi connectivity index (χ0n) is 28.8. The number of hydrogen-bond acceptors (Lipinski definition) is 11. The van der Waals surface area contributed by atoms with Crippen LogP contribution in [-0.2, 0) is 42.9 Å². The van der Waals surface area contributed by atoms with E-state index in [2.05, 4.69) is 23.8 Å². The molecule has 13 nitrogen and oxygen atoms in total. The van der Waals surface area contributed by atoms with Gasteiger partial charge in [-0.3, -0.25) is 19.2 Å². The number of nitrogens with one attached hydrogen (secondary N) is 2. The molecule has 1 saturated heterocycles. The minimum atomic E-state index is -1.56. The van der Waals surface area contributed by atoms with Crippen molar-refractivity contribution in [1.82, 2.24) is 10.6 Å². The molecule has 1 aromatic rings. The van der Waals surface area contributed by atoms with Crippen LogP contribution in [0, 0.1) is 11.8 Å². The fourth-order valence-corrected chi connectivity index (χ4v) is 5.17. The molecular formula is C36H52N2O11. The van der Waals surface area contributed by atoms with Crippen LogP contribution in [0.5, 0.6) is 0 Å². The average molecular weight is 689 g/mol. The molecule has 1 aromatic carbocycles. The molecule has 2 amide bonds. The Labute approximate surface area is 288 Å². The average Bonchev–Trinajstić information content (AvgIpc) is 3.09. The molecule has 13 heteroatoms. The fourth-order valence-electron chi connectivity index (χ4n) is 5.17. The summed E-state index contributed by atoms with van der Waals surface area (Å²) in [6.45, 7) is 11.6. The zero-order chi connectivity index (χ0) is 36.2. The fraction of sp³-hybridized carbons (Fsp3) is 0.583. The van der Waals surface area contributed by atoms with Crippen LogP contribution < -0.4 is 10.6 Å². The monoisotopic (exact) mass is 688 g/mol. The number of esters is 3. The maximum Gasteiger partial charge on any atom is 0.338 e. The summed E-state index contributed by atoms with van der Waals surface area (Å²) in [5, 5.41) is 15.8. The molecule has 272 valence electrons. The Hall–Kier alpha value is -4.07. The molecule has 0 radical (unpaired) electrons. The SMILES string of the molecule is C=CC[C@H](CC(=O)NCCCC)C(=O)O[C@H]1[C@@H](OC(=O)c2ccccc2)[C@@H](CO)O[C@H](OC)[C@@H]1OC(=O)[C@H](CC=C)CC(=O)NCCCC. The molecule has 7 atom stereocenters. The van der Waals surface area contributed by atoms with Gasteiger partial charge in [0.15, 0.2) is 24.6 Å². The second-order valence-electron chi connectivity index (χ2n) is 11.8. The van der Waals surface area contributed by atoms with Gasteiger partial charge in [0.05, 0.1) is 24.0 Å². The van der Waals surface area contributed by atoms with E-state index in [9.17, 15) is 29.1 Å². The Balaban J connectivity index is 2.48. The lowest BCUT2D eigenvalue weighted by Gasteiger charge is -2.44. The minimum absolute atomic E-state index is 0.0772. The van der Waals surface area contributed by atoms with Crippen LogP contribution in [0.2, 0.25) is 0 Å². The molecule has 2 rings (SSSR count). The van der Waals surface area contributed by atoms with E-state index in [4.69, 9.17) is 23.7 Å². The summed E-state index contributed by atoms with van der Waals surface area (Å²) < 4.78 is 29.0. The summed E-state index contributed by atoms with van der Waals surface area (Å²) in [7, 11) is 1.26. The number of rotatable bonds is 22. The molecule has 1 aliphatic heterocycles. The van der Waals surface area contributed by atoms with Gasteiger partial charge in [-0.15, -0.1) is 13.2 Å². The van der Waals surface area contributed by atoms with Crippen molar-refractivity contribution in [2.24, 2.45) is 11.8 Å². The van der Waals surface area contributed by atoms with Gasteiger partial charge in [0.2, 0.25) is 11.8 Å². The van der Waals surface area contributed by atoms with Crippen molar-refractivity contribution in [3.63, 3.8) is 0 Å². The number of unbranched alkanes of at least 4 members (excludes halogenated alkanes) is 2. The van der Waals surface area contributed by atoms with Crippen LogP contribution in [0.3, 0.4) is 0 Å². The van der Waals surface area contributed by atoms with Crippen molar-refractivity contribution in [3.8, 4) is 0 Å². The van der Waals surface area contributed by atoms with Gasteiger partial charge in [0, 0.05) is 33.0 Å². The Kier molecular flexibility index (Phi) is 18.9. The van der Waals surface area contributed by atoms with E-state index in [-0.39, 0.29) is 43.1 Å². The lowest BCUT2D eigenvalue weighted by atomic mass is 9.96. The van der Waals surface area contributed by atoms with Gasteiger partial charge < -0.3 is 39.4 Å². The first-order valence-electron chi connectivity index (χ1n) is 16.8. The summed E-state index contributed by atoms with van der Waals surface area (Å²) >= 11 is 0.